The maximum absolute atomic E-state index is 2.32. The molecule has 0 saturated carbocycles. The summed E-state index contributed by atoms with van der Waals surface area (Å²) < 4.78 is 1.12. The van der Waals surface area contributed by atoms with Crippen molar-refractivity contribution in [2.24, 2.45) is 0 Å². The zero-order chi connectivity index (χ0) is 10.4. The van der Waals surface area contributed by atoms with E-state index < -0.39 is 0 Å². The highest BCUT2D eigenvalue weighted by atomic mass is 28.1. The summed E-state index contributed by atoms with van der Waals surface area (Å²) in [6.45, 7) is 2.46. The summed E-state index contributed by atoms with van der Waals surface area (Å²) in [5, 5.41) is 0. The minimum Gasteiger partial charge on any atom is -0.325 e. The largest absolute Gasteiger partial charge is 0.325 e. The Bertz CT molecular complexity index is 256. The van der Waals surface area contributed by atoms with Gasteiger partial charge in [-0.05, 0) is 6.42 Å². The molecule has 78 valence electrons. The van der Waals surface area contributed by atoms with Gasteiger partial charge in [-0.1, -0.05) is 36.4 Å². The summed E-state index contributed by atoms with van der Waals surface area (Å²) in [5.74, 6) is 0. The fourth-order valence-electron chi connectivity index (χ4n) is 1.74. The Morgan fingerprint density at radius 3 is 2.36 bits per heavy atom. The molecule has 0 unspecified atom stereocenters. The molecule has 0 radical (unpaired) electrons. The van der Waals surface area contributed by atoms with Crippen LogP contribution in [0.4, 0.5) is 0 Å². The van der Waals surface area contributed by atoms with E-state index in [0.717, 1.165) is 11.0 Å². The number of benzene rings is 1. The predicted octanol–water partition coefficient (Wildman–Crippen LogP) is 1.44. The van der Waals surface area contributed by atoms with Crippen molar-refractivity contribution in [2.75, 3.05) is 20.6 Å². The second-order valence-electron chi connectivity index (χ2n) is 4.66. The van der Waals surface area contributed by atoms with Crippen LogP contribution in [-0.2, 0) is 6.54 Å². The maximum Gasteiger partial charge on any atom is 0.104 e. The van der Waals surface area contributed by atoms with Crippen LogP contribution in [0.1, 0.15) is 12.0 Å². The first-order valence-electron chi connectivity index (χ1n) is 5.50. The van der Waals surface area contributed by atoms with E-state index >= 15 is 0 Å². The lowest BCUT2D eigenvalue weighted by molar-refractivity contribution is -0.903. The Balaban J connectivity index is 2.50. The van der Waals surface area contributed by atoms with Gasteiger partial charge >= 0.3 is 0 Å². The molecule has 14 heavy (non-hydrogen) atoms. The van der Waals surface area contributed by atoms with E-state index in [1.165, 1.54) is 34.8 Å². The predicted molar refractivity (Wildman–Crippen MR) is 66.5 cm³/mol. The monoisotopic (exact) mass is 208 g/mol. The van der Waals surface area contributed by atoms with Crippen molar-refractivity contribution in [2.45, 2.75) is 19.0 Å². The Labute approximate surface area is 90.8 Å². The fraction of sp³-hybridized carbons (Fsp3) is 0.500. The zero-order valence-electron chi connectivity index (χ0n) is 9.66. The normalized spacial score (nSPS) is 11.9. The number of nitrogens with zero attached hydrogens (tertiary/aromatic N) is 1. The van der Waals surface area contributed by atoms with Crippen LogP contribution in [0.2, 0.25) is 6.04 Å². The second kappa shape index (κ2) is 5.32. The van der Waals surface area contributed by atoms with Crippen LogP contribution in [0.15, 0.2) is 30.3 Å². The molecule has 0 heterocycles. The lowest BCUT2D eigenvalue weighted by atomic mass is 10.2. The van der Waals surface area contributed by atoms with Crippen molar-refractivity contribution < 1.29 is 4.48 Å². The molecule has 0 aliphatic carbocycles. The topological polar surface area (TPSA) is 0 Å². The number of quaternary nitrogens is 1. The minimum atomic E-state index is 1.12. The van der Waals surface area contributed by atoms with Crippen molar-refractivity contribution in [3.63, 3.8) is 0 Å². The van der Waals surface area contributed by atoms with Gasteiger partial charge in [0.2, 0.25) is 0 Å². The van der Waals surface area contributed by atoms with Crippen LogP contribution in [0, 0.1) is 0 Å². The molecule has 1 aromatic rings. The highest BCUT2D eigenvalue weighted by Gasteiger charge is 2.14. The average molecular weight is 208 g/mol. The van der Waals surface area contributed by atoms with Crippen LogP contribution < -0.4 is 0 Å². The van der Waals surface area contributed by atoms with Gasteiger partial charge in [0.15, 0.2) is 0 Å². The van der Waals surface area contributed by atoms with E-state index in [9.17, 15) is 0 Å². The Kier molecular flexibility index (Phi) is 4.36. The molecule has 0 atom stereocenters. The molecule has 2 heteroatoms. The molecule has 0 N–H and O–H groups in total. The molecule has 0 aromatic heterocycles. The summed E-state index contributed by atoms with van der Waals surface area (Å²) in [6, 6.07) is 12.2. The molecule has 0 spiro atoms. The molecular weight excluding hydrogens is 186 g/mol. The summed E-state index contributed by atoms with van der Waals surface area (Å²) in [5.41, 5.74) is 1.45. The SMILES string of the molecule is C[N+](C)(CCC[SiH3])Cc1ccccc1. The average Bonchev–Trinajstić information content (AvgIpc) is 2.16. The molecule has 0 fully saturated rings. The van der Waals surface area contributed by atoms with Crippen LogP contribution in [-0.4, -0.2) is 35.4 Å². The van der Waals surface area contributed by atoms with Crippen molar-refractivity contribution >= 4 is 10.2 Å². The molecular formula is C12H22NSi+. The summed E-state index contributed by atoms with van der Waals surface area (Å²) in [7, 11) is 5.99. The zero-order valence-corrected chi connectivity index (χ0v) is 11.7. The summed E-state index contributed by atoms with van der Waals surface area (Å²) >= 11 is 0. The summed E-state index contributed by atoms with van der Waals surface area (Å²) in [6.07, 6.45) is 1.38. The molecule has 1 nitrogen and oxygen atoms in total. The van der Waals surface area contributed by atoms with Gasteiger partial charge in [0.05, 0.1) is 20.6 Å². The number of rotatable bonds is 5. The number of hydrogen-bond donors (Lipinski definition) is 0. The van der Waals surface area contributed by atoms with Crippen molar-refractivity contribution in [1.29, 1.82) is 0 Å². The van der Waals surface area contributed by atoms with Crippen LogP contribution >= 0.6 is 0 Å². The van der Waals surface area contributed by atoms with Gasteiger partial charge in [0.25, 0.3) is 0 Å². The number of hydrogen-bond acceptors (Lipinski definition) is 0. The van der Waals surface area contributed by atoms with Gasteiger partial charge in [-0.15, -0.1) is 0 Å². The molecule has 1 rings (SSSR count). The smallest absolute Gasteiger partial charge is 0.104 e. The molecule has 0 bridgehead atoms. The van der Waals surface area contributed by atoms with E-state index in [0.29, 0.717) is 0 Å². The van der Waals surface area contributed by atoms with Crippen molar-refractivity contribution in [3.05, 3.63) is 35.9 Å². The molecule has 0 aliphatic rings. The van der Waals surface area contributed by atoms with E-state index in [1.807, 2.05) is 0 Å². The van der Waals surface area contributed by atoms with Gasteiger partial charge in [0, 0.05) is 15.8 Å². The highest BCUT2D eigenvalue weighted by Crippen LogP contribution is 2.10. The van der Waals surface area contributed by atoms with E-state index in [-0.39, 0.29) is 0 Å². The lowest BCUT2D eigenvalue weighted by Crippen LogP contribution is -2.39. The van der Waals surface area contributed by atoms with Crippen molar-refractivity contribution in [1.82, 2.24) is 0 Å². The van der Waals surface area contributed by atoms with Crippen LogP contribution in [0.5, 0.6) is 0 Å². The van der Waals surface area contributed by atoms with Gasteiger partial charge in [-0.25, -0.2) is 0 Å². The first kappa shape index (κ1) is 11.5. The van der Waals surface area contributed by atoms with Crippen molar-refractivity contribution in [3.8, 4) is 0 Å². The van der Waals surface area contributed by atoms with Gasteiger partial charge in [-0.2, -0.15) is 0 Å². The van der Waals surface area contributed by atoms with Crippen LogP contribution in [0.3, 0.4) is 0 Å². The minimum absolute atomic E-state index is 1.12. The molecule has 0 amide bonds. The quantitative estimate of drug-likeness (QED) is 0.507. The van der Waals surface area contributed by atoms with Gasteiger partial charge in [-0.3, -0.25) is 0 Å². The van der Waals surface area contributed by atoms with Gasteiger partial charge < -0.3 is 4.48 Å². The Morgan fingerprint density at radius 2 is 1.79 bits per heavy atom. The highest BCUT2D eigenvalue weighted by molar-refractivity contribution is 6.08. The second-order valence-corrected chi connectivity index (χ2v) is 5.66. The first-order chi connectivity index (χ1) is 6.64. The lowest BCUT2D eigenvalue weighted by Gasteiger charge is -2.29. The Morgan fingerprint density at radius 1 is 1.14 bits per heavy atom. The molecule has 1 aromatic carbocycles. The van der Waals surface area contributed by atoms with E-state index in [1.54, 1.807) is 0 Å². The van der Waals surface area contributed by atoms with E-state index in [4.69, 9.17) is 0 Å². The first-order valence-corrected chi connectivity index (χ1v) is 6.91. The summed E-state index contributed by atoms with van der Waals surface area (Å²) in [4.78, 5) is 0. The standard InChI is InChI=1S/C12H22NSi/c1-13(2,9-6-10-14)11-12-7-4-3-5-8-12/h3-5,7-8H,6,9-11H2,1-2,14H3/q+1. The maximum atomic E-state index is 2.32. The fourth-order valence-corrected chi connectivity index (χ4v) is 2.06. The van der Waals surface area contributed by atoms with E-state index in [2.05, 4.69) is 44.4 Å². The third-order valence-electron chi connectivity index (χ3n) is 2.57. The third kappa shape index (κ3) is 4.07. The van der Waals surface area contributed by atoms with Crippen LogP contribution in [0.25, 0.3) is 0 Å². The molecule has 0 saturated heterocycles. The molecule has 0 aliphatic heterocycles. The third-order valence-corrected chi connectivity index (χ3v) is 3.28. The Hall–Kier alpha value is -0.603. The van der Waals surface area contributed by atoms with Gasteiger partial charge in [0.1, 0.15) is 6.54 Å².